The van der Waals surface area contributed by atoms with Crippen LogP contribution in [0.15, 0.2) is 41.5 Å². The summed E-state index contributed by atoms with van der Waals surface area (Å²) in [4.78, 5) is 23.7. The molecule has 1 fully saturated rings. The summed E-state index contributed by atoms with van der Waals surface area (Å²) in [5.41, 5.74) is 1.60. The third-order valence-electron chi connectivity index (χ3n) is 5.22. The summed E-state index contributed by atoms with van der Waals surface area (Å²) in [5.74, 6) is 1.59. The Bertz CT molecular complexity index is 962. The van der Waals surface area contributed by atoms with Gasteiger partial charge in [-0.1, -0.05) is 6.07 Å². The van der Waals surface area contributed by atoms with Crippen LogP contribution in [0.5, 0.6) is 0 Å². The Morgan fingerprint density at radius 1 is 1.43 bits per heavy atom. The number of carbonyl (C=O) groups excluding carboxylic acids is 1. The molecule has 1 aliphatic rings. The van der Waals surface area contributed by atoms with Crippen LogP contribution in [0.1, 0.15) is 31.0 Å². The van der Waals surface area contributed by atoms with Gasteiger partial charge in [0.1, 0.15) is 11.6 Å². The highest BCUT2D eigenvalue weighted by atomic mass is 16.3. The minimum atomic E-state index is -0.605. The van der Waals surface area contributed by atoms with Crippen LogP contribution in [0, 0.1) is 6.92 Å². The summed E-state index contributed by atoms with van der Waals surface area (Å²) in [6.07, 6.45) is 6.99. The van der Waals surface area contributed by atoms with Gasteiger partial charge >= 0.3 is 0 Å². The third-order valence-corrected chi connectivity index (χ3v) is 5.22. The zero-order chi connectivity index (χ0) is 19.7. The minimum absolute atomic E-state index is 0.0309. The van der Waals surface area contributed by atoms with E-state index >= 15 is 0 Å². The van der Waals surface area contributed by atoms with Gasteiger partial charge in [0.05, 0.1) is 36.0 Å². The second-order valence-electron chi connectivity index (χ2n) is 7.85. The van der Waals surface area contributed by atoms with E-state index in [1.54, 1.807) is 6.20 Å². The van der Waals surface area contributed by atoms with Gasteiger partial charge in [0.25, 0.3) is 0 Å². The lowest BCUT2D eigenvalue weighted by Crippen LogP contribution is -2.59. The smallest absolute Gasteiger partial charge is 0.239 e. The Hall–Kier alpha value is -2.71. The Kier molecular flexibility index (Phi) is 4.91. The van der Waals surface area contributed by atoms with Crippen molar-refractivity contribution in [2.75, 3.05) is 19.6 Å². The number of hydrogen-bond donors (Lipinski definition) is 2. The zero-order valence-electron chi connectivity index (χ0n) is 16.5. The molecule has 28 heavy (non-hydrogen) atoms. The van der Waals surface area contributed by atoms with Crippen molar-refractivity contribution < 1.29 is 9.21 Å². The fourth-order valence-electron chi connectivity index (χ4n) is 3.75. The van der Waals surface area contributed by atoms with Crippen LogP contribution >= 0.6 is 0 Å². The molecule has 4 heterocycles. The molecule has 0 radical (unpaired) electrons. The summed E-state index contributed by atoms with van der Waals surface area (Å²) in [6.45, 7) is 8.90. The quantitative estimate of drug-likeness (QED) is 0.695. The Morgan fingerprint density at radius 2 is 2.29 bits per heavy atom. The highest BCUT2D eigenvalue weighted by Crippen LogP contribution is 2.22. The largest absolute Gasteiger partial charge is 0.447 e. The average Bonchev–Trinajstić information content (AvgIpc) is 3.32. The fourth-order valence-corrected chi connectivity index (χ4v) is 3.75. The summed E-state index contributed by atoms with van der Waals surface area (Å²) < 4.78 is 7.37. The van der Waals surface area contributed by atoms with Crippen molar-refractivity contribution in [1.82, 2.24) is 29.9 Å². The van der Waals surface area contributed by atoms with Crippen molar-refractivity contribution >= 4 is 11.4 Å². The number of pyridine rings is 1. The highest BCUT2D eigenvalue weighted by Gasteiger charge is 2.32. The number of imidazole rings is 1. The molecule has 2 N–H and O–H groups in total. The molecule has 0 bridgehead atoms. The molecule has 4 rings (SSSR count). The summed E-state index contributed by atoms with van der Waals surface area (Å²) in [7, 11) is 0. The first kappa shape index (κ1) is 18.6. The maximum absolute atomic E-state index is 13.0. The molecule has 1 atom stereocenters. The van der Waals surface area contributed by atoms with Gasteiger partial charge in [-0.15, -0.1) is 0 Å². The first-order chi connectivity index (χ1) is 13.4. The molecule has 0 aromatic carbocycles. The predicted molar refractivity (Wildman–Crippen MR) is 105 cm³/mol. The van der Waals surface area contributed by atoms with Crippen LogP contribution in [-0.2, 0) is 16.9 Å². The predicted octanol–water partition coefficient (Wildman–Crippen LogP) is 1.46. The van der Waals surface area contributed by atoms with Crippen molar-refractivity contribution in [3.8, 4) is 0 Å². The Labute approximate surface area is 164 Å². The molecule has 148 valence electrons. The van der Waals surface area contributed by atoms with Crippen LogP contribution in [-0.4, -0.2) is 50.9 Å². The van der Waals surface area contributed by atoms with Crippen LogP contribution < -0.4 is 10.6 Å². The number of hydrogen-bond acceptors (Lipinski definition) is 6. The minimum Gasteiger partial charge on any atom is -0.447 e. The SMILES string of the molecule is Cc1cccn2c(C(C)(C)NC(=O)[C@@H]3CN(Cc4cnco4)CCN3)ncc12. The summed E-state index contributed by atoms with van der Waals surface area (Å²) >= 11 is 0. The molecule has 3 aromatic heterocycles. The summed E-state index contributed by atoms with van der Waals surface area (Å²) in [5, 5.41) is 6.49. The number of amides is 1. The van der Waals surface area contributed by atoms with E-state index in [1.165, 1.54) is 6.39 Å². The van der Waals surface area contributed by atoms with Gasteiger partial charge in [-0.2, -0.15) is 0 Å². The number of oxazole rings is 1. The fraction of sp³-hybridized carbons (Fsp3) is 0.450. The lowest BCUT2D eigenvalue weighted by molar-refractivity contribution is -0.126. The Balaban J connectivity index is 1.46. The van der Waals surface area contributed by atoms with Crippen LogP contribution in [0.3, 0.4) is 0 Å². The molecule has 0 spiro atoms. The lowest BCUT2D eigenvalue weighted by Gasteiger charge is -2.34. The molecule has 8 heteroatoms. The molecular formula is C20H26N6O2. The molecule has 3 aromatic rings. The van der Waals surface area contributed by atoms with E-state index < -0.39 is 5.54 Å². The normalized spacial score (nSPS) is 18.5. The standard InChI is InChI=1S/C20H26N6O2/c1-14-5-4-7-26-17(14)10-23-19(26)20(2,3)24-18(27)16-12-25(8-6-22-16)11-15-9-21-13-28-15/h4-5,7,9-10,13,16,22H,6,8,11-12H2,1-3H3,(H,24,27)/t16-/m0/s1. The van der Waals surface area contributed by atoms with E-state index in [9.17, 15) is 4.79 Å². The average molecular weight is 382 g/mol. The molecular weight excluding hydrogens is 356 g/mol. The van der Waals surface area contributed by atoms with E-state index in [-0.39, 0.29) is 11.9 Å². The number of rotatable bonds is 5. The molecule has 8 nitrogen and oxygen atoms in total. The van der Waals surface area contributed by atoms with Crippen molar-refractivity contribution in [2.24, 2.45) is 0 Å². The van der Waals surface area contributed by atoms with Gasteiger partial charge in [0.15, 0.2) is 6.39 Å². The third kappa shape index (κ3) is 3.65. The van der Waals surface area contributed by atoms with Crippen molar-refractivity contribution in [1.29, 1.82) is 0 Å². The monoisotopic (exact) mass is 382 g/mol. The van der Waals surface area contributed by atoms with Gasteiger partial charge in [0, 0.05) is 25.8 Å². The van der Waals surface area contributed by atoms with E-state index in [0.717, 1.165) is 35.8 Å². The first-order valence-corrected chi connectivity index (χ1v) is 9.52. The number of fused-ring (bicyclic) bond motifs is 1. The number of aryl methyl sites for hydroxylation is 1. The van der Waals surface area contributed by atoms with Crippen LogP contribution in [0.2, 0.25) is 0 Å². The second kappa shape index (κ2) is 7.37. The zero-order valence-corrected chi connectivity index (χ0v) is 16.5. The molecule has 1 aliphatic heterocycles. The van der Waals surface area contributed by atoms with Gasteiger partial charge in [0.2, 0.25) is 5.91 Å². The van der Waals surface area contributed by atoms with Crippen molar-refractivity contribution in [3.63, 3.8) is 0 Å². The molecule has 0 aliphatic carbocycles. The highest BCUT2D eigenvalue weighted by molar-refractivity contribution is 5.83. The molecule has 1 amide bonds. The van der Waals surface area contributed by atoms with Crippen LogP contribution in [0.25, 0.3) is 5.52 Å². The van der Waals surface area contributed by atoms with Gasteiger partial charge in [-0.05, 0) is 32.4 Å². The number of aromatic nitrogens is 3. The number of carbonyl (C=O) groups is 1. The maximum Gasteiger partial charge on any atom is 0.239 e. The van der Waals surface area contributed by atoms with E-state index in [0.29, 0.717) is 13.1 Å². The Morgan fingerprint density at radius 3 is 3.07 bits per heavy atom. The maximum atomic E-state index is 13.0. The van der Waals surface area contributed by atoms with Gasteiger partial charge in [-0.3, -0.25) is 9.69 Å². The second-order valence-corrected chi connectivity index (χ2v) is 7.85. The number of nitrogens with one attached hydrogen (secondary N) is 2. The van der Waals surface area contributed by atoms with Crippen molar-refractivity contribution in [3.05, 3.63) is 54.3 Å². The van der Waals surface area contributed by atoms with Gasteiger partial charge < -0.3 is 19.5 Å². The molecule has 0 saturated carbocycles. The van der Waals surface area contributed by atoms with Crippen molar-refractivity contribution in [2.45, 2.75) is 38.9 Å². The molecule has 0 unspecified atom stereocenters. The lowest BCUT2D eigenvalue weighted by atomic mass is 10.0. The summed E-state index contributed by atoms with van der Waals surface area (Å²) in [6, 6.07) is 3.76. The first-order valence-electron chi connectivity index (χ1n) is 9.52. The van der Waals surface area contributed by atoms with Gasteiger partial charge in [-0.25, -0.2) is 9.97 Å². The topological polar surface area (TPSA) is 87.7 Å². The number of nitrogens with zero attached hydrogens (tertiary/aromatic N) is 4. The van der Waals surface area contributed by atoms with E-state index in [1.807, 2.05) is 36.7 Å². The van der Waals surface area contributed by atoms with E-state index in [4.69, 9.17) is 4.42 Å². The molecule has 1 saturated heterocycles. The van der Waals surface area contributed by atoms with E-state index in [2.05, 4.69) is 38.5 Å². The number of piperazine rings is 1. The van der Waals surface area contributed by atoms with Crippen LogP contribution in [0.4, 0.5) is 0 Å².